The molecule has 5 heteroatoms. The summed E-state index contributed by atoms with van der Waals surface area (Å²) >= 11 is 3.33. The van der Waals surface area contributed by atoms with Gasteiger partial charge in [-0.2, -0.15) is 0 Å². The maximum atomic E-state index is 12.1. The van der Waals surface area contributed by atoms with E-state index in [4.69, 9.17) is 5.73 Å². The molecule has 0 bridgehead atoms. The number of hydrogen-bond donors (Lipinski definition) is 1. The summed E-state index contributed by atoms with van der Waals surface area (Å²) in [7, 11) is 0. The number of nitrogens with zero attached hydrogens (tertiary/aromatic N) is 2. The fourth-order valence-electron chi connectivity index (χ4n) is 1.49. The molecule has 1 heterocycles. The maximum Gasteiger partial charge on any atom is 0.263 e. The van der Waals surface area contributed by atoms with Gasteiger partial charge in [-0.1, -0.05) is 15.9 Å². The van der Waals surface area contributed by atoms with E-state index in [1.54, 1.807) is 18.3 Å². The number of carbonyl (C=O) groups excluding carboxylic acids is 1. The van der Waals surface area contributed by atoms with Crippen molar-refractivity contribution < 1.29 is 4.79 Å². The van der Waals surface area contributed by atoms with E-state index in [2.05, 4.69) is 20.9 Å². The first-order valence-electron chi connectivity index (χ1n) is 5.24. The highest BCUT2D eigenvalue weighted by molar-refractivity contribution is 9.10. The Bertz CT molecular complexity index is 519. The molecule has 88 valence electrons. The van der Waals surface area contributed by atoms with Gasteiger partial charge >= 0.3 is 0 Å². The molecule has 1 aromatic carbocycles. The molecule has 0 saturated heterocycles. The van der Waals surface area contributed by atoms with Gasteiger partial charge in [0.05, 0.1) is 5.69 Å². The van der Waals surface area contributed by atoms with Gasteiger partial charge in [0.25, 0.3) is 5.91 Å². The van der Waals surface area contributed by atoms with E-state index in [1.165, 1.54) is 10.9 Å². The van der Waals surface area contributed by atoms with Gasteiger partial charge in [-0.3, -0.25) is 9.36 Å². The Balaban J connectivity index is 2.21. The first-order valence-corrected chi connectivity index (χ1v) is 6.03. The molecular formula is C12H12BrN3O. The molecule has 2 rings (SSSR count). The van der Waals surface area contributed by atoms with Crippen molar-refractivity contribution in [3.05, 3.63) is 52.5 Å². The highest BCUT2D eigenvalue weighted by Gasteiger charge is 2.08. The number of benzene rings is 1. The quantitative estimate of drug-likeness (QED) is 0.939. The van der Waals surface area contributed by atoms with Crippen molar-refractivity contribution >= 4 is 21.8 Å². The smallest absolute Gasteiger partial charge is 0.263 e. The third-order valence-corrected chi connectivity index (χ3v) is 2.89. The van der Waals surface area contributed by atoms with Crippen molar-refractivity contribution in [1.82, 2.24) is 9.55 Å². The number of nitrogens with two attached hydrogens (primary N) is 1. The predicted molar refractivity (Wildman–Crippen MR) is 68.9 cm³/mol. The normalized spacial score (nSPS) is 10.5. The third kappa shape index (κ3) is 2.81. The zero-order valence-corrected chi connectivity index (χ0v) is 10.7. The van der Waals surface area contributed by atoms with Gasteiger partial charge < -0.3 is 5.73 Å². The molecule has 0 spiro atoms. The Kier molecular flexibility index (Phi) is 3.71. The minimum Gasteiger partial charge on any atom is -0.330 e. The monoisotopic (exact) mass is 293 g/mol. The second kappa shape index (κ2) is 5.25. The zero-order chi connectivity index (χ0) is 12.3. The molecule has 0 amide bonds. The Morgan fingerprint density at radius 2 is 2.06 bits per heavy atom. The van der Waals surface area contributed by atoms with Crippen molar-refractivity contribution in [1.29, 1.82) is 0 Å². The van der Waals surface area contributed by atoms with Gasteiger partial charge in [0.15, 0.2) is 0 Å². The van der Waals surface area contributed by atoms with Crippen LogP contribution in [0.2, 0.25) is 0 Å². The highest BCUT2D eigenvalue weighted by Crippen LogP contribution is 2.12. The van der Waals surface area contributed by atoms with Crippen molar-refractivity contribution in [2.45, 2.75) is 6.42 Å². The van der Waals surface area contributed by atoms with Crippen molar-refractivity contribution in [3.8, 4) is 0 Å². The molecule has 0 radical (unpaired) electrons. The third-order valence-electron chi connectivity index (χ3n) is 2.36. The standard InChI is InChI=1S/C12H12BrN3O/c13-10-3-1-9(2-4-10)12(17)16-7-11(5-6-14)15-8-16/h1-4,7-8H,5-6,14H2. The lowest BCUT2D eigenvalue weighted by atomic mass is 10.2. The van der Waals surface area contributed by atoms with E-state index >= 15 is 0 Å². The van der Waals surface area contributed by atoms with Crippen molar-refractivity contribution in [3.63, 3.8) is 0 Å². The fraction of sp³-hybridized carbons (Fsp3) is 0.167. The topological polar surface area (TPSA) is 60.9 Å². The molecule has 0 atom stereocenters. The Labute approximate surface area is 108 Å². The summed E-state index contributed by atoms with van der Waals surface area (Å²) in [5.41, 5.74) is 6.90. The summed E-state index contributed by atoms with van der Waals surface area (Å²) in [6.07, 6.45) is 3.92. The summed E-state index contributed by atoms with van der Waals surface area (Å²) in [6, 6.07) is 7.22. The van der Waals surface area contributed by atoms with E-state index in [1.807, 2.05) is 12.1 Å². The molecule has 17 heavy (non-hydrogen) atoms. The van der Waals surface area contributed by atoms with Gasteiger partial charge in [0.1, 0.15) is 6.33 Å². The lowest BCUT2D eigenvalue weighted by molar-refractivity contribution is 0.0959. The molecular weight excluding hydrogens is 282 g/mol. The van der Waals surface area contributed by atoms with E-state index in [0.29, 0.717) is 18.5 Å². The van der Waals surface area contributed by atoms with Crippen LogP contribution in [0.15, 0.2) is 41.3 Å². The minimum absolute atomic E-state index is 0.0896. The summed E-state index contributed by atoms with van der Waals surface area (Å²) in [5.74, 6) is -0.0896. The molecule has 0 unspecified atom stereocenters. The second-order valence-electron chi connectivity index (χ2n) is 3.62. The number of aromatic nitrogens is 2. The van der Waals surface area contributed by atoms with E-state index in [9.17, 15) is 4.79 Å². The van der Waals surface area contributed by atoms with Crippen LogP contribution in [0.1, 0.15) is 16.1 Å². The number of halogens is 1. The van der Waals surface area contributed by atoms with Gasteiger partial charge in [-0.15, -0.1) is 0 Å². The van der Waals surface area contributed by atoms with Crippen LogP contribution in [0.25, 0.3) is 0 Å². The van der Waals surface area contributed by atoms with Crippen LogP contribution in [-0.2, 0) is 6.42 Å². The average molecular weight is 294 g/mol. The highest BCUT2D eigenvalue weighted by atomic mass is 79.9. The molecule has 0 aliphatic carbocycles. The fourth-order valence-corrected chi connectivity index (χ4v) is 1.76. The van der Waals surface area contributed by atoms with Gasteiger partial charge in [-0.05, 0) is 30.8 Å². The first kappa shape index (κ1) is 12.0. The summed E-state index contributed by atoms with van der Waals surface area (Å²) in [6.45, 7) is 0.531. The molecule has 0 aliphatic heterocycles. The van der Waals surface area contributed by atoms with E-state index in [-0.39, 0.29) is 5.91 Å². The number of imidazole rings is 1. The molecule has 2 aromatic rings. The summed E-state index contributed by atoms with van der Waals surface area (Å²) in [5, 5.41) is 0. The zero-order valence-electron chi connectivity index (χ0n) is 9.14. The maximum absolute atomic E-state index is 12.1. The molecule has 1 aromatic heterocycles. The summed E-state index contributed by atoms with van der Waals surface area (Å²) in [4.78, 5) is 16.2. The van der Waals surface area contributed by atoms with Crippen LogP contribution in [-0.4, -0.2) is 22.0 Å². The molecule has 4 nitrogen and oxygen atoms in total. The Morgan fingerprint density at radius 3 is 2.71 bits per heavy atom. The summed E-state index contributed by atoms with van der Waals surface area (Å²) < 4.78 is 2.43. The number of rotatable bonds is 3. The lowest BCUT2D eigenvalue weighted by Gasteiger charge is -2.00. The lowest BCUT2D eigenvalue weighted by Crippen LogP contribution is -2.09. The molecule has 0 fully saturated rings. The van der Waals surface area contributed by atoms with Crippen molar-refractivity contribution in [2.24, 2.45) is 5.73 Å². The first-order chi connectivity index (χ1) is 8.20. The van der Waals surface area contributed by atoms with Gasteiger partial charge in [0.2, 0.25) is 0 Å². The predicted octanol–water partition coefficient (Wildman–Crippen LogP) is 1.84. The van der Waals surface area contributed by atoms with E-state index < -0.39 is 0 Å². The minimum atomic E-state index is -0.0896. The van der Waals surface area contributed by atoms with Gasteiger partial charge in [-0.25, -0.2) is 4.98 Å². The Hall–Kier alpha value is -1.46. The number of carbonyl (C=O) groups is 1. The van der Waals surface area contributed by atoms with Crippen molar-refractivity contribution in [2.75, 3.05) is 6.54 Å². The molecule has 2 N–H and O–H groups in total. The Morgan fingerprint density at radius 1 is 1.35 bits per heavy atom. The van der Waals surface area contributed by atoms with Crippen LogP contribution in [0.4, 0.5) is 0 Å². The second-order valence-corrected chi connectivity index (χ2v) is 4.54. The van der Waals surface area contributed by atoms with E-state index in [0.717, 1.165) is 10.2 Å². The van der Waals surface area contributed by atoms with Crippen LogP contribution < -0.4 is 5.73 Å². The van der Waals surface area contributed by atoms with Crippen LogP contribution >= 0.6 is 15.9 Å². The largest absolute Gasteiger partial charge is 0.330 e. The number of hydrogen-bond acceptors (Lipinski definition) is 3. The van der Waals surface area contributed by atoms with Gasteiger partial charge in [0, 0.05) is 22.7 Å². The van der Waals surface area contributed by atoms with Crippen LogP contribution in [0, 0.1) is 0 Å². The molecule has 0 aliphatic rings. The van der Waals surface area contributed by atoms with Crippen LogP contribution in [0.3, 0.4) is 0 Å². The molecule has 0 saturated carbocycles. The van der Waals surface area contributed by atoms with Crippen LogP contribution in [0.5, 0.6) is 0 Å². The average Bonchev–Trinajstić information content (AvgIpc) is 2.78. The SMILES string of the molecule is NCCc1cn(C(=O)c2ccc(Br)cc2)cn1.